The number of thiazole rings is 1. The van der Waals surface area contributed by atoms with Crippen molar-refractivity contribution in [1.82, 2.24) is 4.48 Å². The Morgan fingerprint density at radius 1 is 1.05 bits per heavy atom. The van der Waals surface area contributed by atoms with Crippen molar-refractivity contribution in [2.45, 2.75) is 42.5 Å². The number of unbranched alkanes of at least 4 members (excludes halogenated alkanes) is 1. The standard InChI is InChI=1S/C23H22Br2N2O6S4/c24-15-5-7-19-17(12-15)26(9-1-2-11-36(28,29)30)21(34-19)14-22-27(10-3-4-23(27)37(31,32)33)18-13-16(25)6-8-20(18)35-22/h5-8,12-14,23H,1-4,9-11H2/p+2. The molecular formula is C23H24Br2N2O6S4+2. The number of aromatic nitrogens is 1. The number of quaternary nitrogens is 1. The fourth-order valence-electron chi connectivity index (χ4n) is 5.20. The second-order valence-corrected chi connectivity index (χ2v) is 16.2. The second-order valence-electron chi connectivity index (χ2n) is 9.10. The molecule has 8 nitrogen and oxygen atoms in total. The number of hydrogen-bond acceptors (Lipinski definition) is 6. The number of fused-ring (bicyclic) bond motifs is 3. The first-order valence-electron chi connectivity index (χ1n) is 11.5. The van der Waals surface area contributed by atoms with Crippen molar-refractivity contribution in [3.8, 4) is 0 Å². The maximum absolute atomic E-state index is 12.6. The highest BCUT2D eigenvalue weighted by Gasteiger charge is 2.58. The summed E-state index contributed by atoms with van der Waals surface area (Å²) in [7, 11) is -8.36. The Kier molecular flexibility index (Phi) is 7.70. The third kappa shape index (κ3) is 5.46. The molecule has 14 heteroatoms. The maximum atomic E-state index is 12.6. The number of halogens is 2. The molecule has 0 bridgehead atoms. The molecule has 2 aliphatic heterocycles. The fourth-order valence-corrected chi connectivity index (χ4v) is 10.3. The van der Waals surface area contributed by atoms with E-state index in [-0.39, 0.29) is 10.2 Å². The molecule has 0 radical (unpaired) electrons. The van der Waals surface area contributed by atoms with E-state index in [1.165, 1.54) is 11.8 Å². The van der Waals surface area contributed by atoms with Crippen LogP contribution < -0.4 is 9.05 Å². The molecule has 2 aromatic carbocycles. The van der Waals surface area contributed by atoms with Gasteiger partial charge in [-0.05, 0) is 42.4 Å². The molecule has 2 aliphatic rings. The molecule has 2 N–H and O–H groups in total. The van der Waals surface area contributed by atoms with Crippen LogP contribution in [0.5, 0.6) is 0 Å². The smallest absolute Gasteiger partial charge is 0.286 e. The zero-order chi connectivity index (χ0) is 26.6. The highest BCUT2D eigenvalue weighted by molar-refractivity contribution is 9.10. The van der Waals surface area contributed by atoms with E-state index in [4.69, 9.17) is 4.55 Å². The van der Waals surface area contributed by atoms with Gasteiger partial charge < -0.3 is 0 Å². The summed E-state index contributed by atoms with van der Waals surface area (Å²) in [6.45, 7) is 1.08. The van der Waals surface area contributed by atoms with Crippen LogP contribution in [0.4, 0.5) is 5.69 Å². The van der Waals surface area contributed by atoms with Gasteiger partial charge in [0.1, 0.15) is 4.70 Å². The van der Waals surface area contributed by atoms with Crippen molar-refractivity contribution in [3.05, 3.63) is 55.4 Å². The van der Waals surface area contributed by atoms with Gasteiger partial charge in [-0.2, -0.15) is 21.4 Å². The van der Waals surface area contributed by atoms with Crippen molar-refractivity contribution >= 4 is 97.2 Å². The lowest BCUT2D eigenvalue weighted by Gasteiger charge is -2.34. The minimum Gasteiger partial charge on any atom is -0.286 e. The average Bonchev–Trinajstić information content (AvgIpc) is 3.47. The lowest BCUT2D eigenvalue weighted by molar-refractivity contribution is -0.669. The first kappa shape index (κ1) is 27.7. The van der Waals surface area contributed by atoms with Crippen LogP contribution in [0.1, 0.15) is 30.7 Å². The molecule has 0 saturated carbocycles. The summed E-state index contributed by atoms with van der Waals surface area (Å²) in [5, 5.41) is 0.729. The van der Waals surface area contributed by atoms with Gasteiger partial charge in [0.25, 0.3) is 15.1 Å². The van der Waals surface area contributed by atoms with Crippen LogP contribution in [0.25, 0.3) is 16.3 Å². The number of benzene rings is 2. The van der Waals surface area contributed by atoms with Crippen molar-refractivity contribution in [3.63, 3.8) is 0 Å². The van der Waals surface area contributed by atoms with E-state index in [1.807, 2.05) is 42.5 Å². The first-order chi connectivity index (χ1) is 17.4. The lowest BCUT2D eigenvalue weighted by atomic mass is 10.2. The van der Waals surface area contributed by atoms with E-state index in [1.54, 1.807) is 11.3 Å². The largest absolute Gasteiger partial charge is 0.320 e. The van der Waals surface area contributed by atoms with Crippen LogP contribution in [-0.4, -0.2) is 43.6 Å². The predicted molar refractivity (Wildman–Crippen MR) is 155 cm³/mol. The van der Waals surface area contributed by atoms with Crippen LogP contribution in [0.15, 0.2) is 55.3 Å². The Morgan fingerprint density at radius 2 is 1.78 bits per heavy atom. The zero-order valence-corrected chi connectivity index (χ0v) is 25.8. The van der Waals surface area contributed by atoms with Gasteiger partial charge in [0, 0.05) is 40.3 Å². The van der Waals surface area contributed by atoms with Crippen molar-refractivity contribution < 1.29 is 30.5 Å². The molecule has 0 aliphatic carbocycles. The SMILES string of the molecule is O=S(=O)(O)CCCC[n+]1c(C=C2Sc3ccc(Br)cc3[N+]23CCCC3S(=O)(=O)O)sc2ccc(Br)cc21. The third-order valence-electron chi connectivity index (χ3n) is 6.73. The Labute approximate surface area is 240 Å². The summed E-state index contributed by atoms with van der Waals surface area (Å²) in [5.74, 6) is -0.300. The van der Waals surface area contributed by atoms with Gasteiger partial charge in [-0.15, -0.1) is 0 Å². The molecule has 2 atom stereocenters. The van der Waals surface area contributed by atoms with E-state index in [0.717, 1.165) is 39.8 Å². The van der Waals surface area contributed by atoms with Gasteiger partial charge in [0.05, 0.1) is 23.3 Å². The van der Waals surface area contributed by atoms with Crippen LogP contribution in [0.2, 0.25) is 0 Å². The quantitative estimate of drug-likeness (QED) is 0.138. The lowest BCUT2D eigenvalue weighted by Crippen LogP contribution is -2.53. The van der Waals surface area contributed by atoms with E-state index in [9.17, 15) is 21.4 Å². The number of nitrogens with zero attached hydrogens (tertiary/aromatic N) is 2. The van der Waals surface area contributed by atoms with Gasteiger partial charge in [-0.1, -0.05) is 43.2 Å². The van der Waals surface area contributed by atoms with E-state index in [2.05, 4.69) is 36.4 Å². The van der Waals surface area contributed by atoms with Crippen molar-refractivity contribution in [2.24, 2.45) is 0 Å². The van der Waals surface area contributed by atoms with Gasteiger partial charge in [-0.25, -0.2) is 4.48 Å². The summed E-state index contributed by atoms with van der Waals surface area (Å²) < 4.78 is 71.9. The monoisotopic (exact) mass is 710 g/mol. The second kappa shape index (κ2) is 10.3. The molecule has 1 aromatic heterocycles. The summed E-state index contributed by atoms with van der Waals surface area (Å²) in [6, 6.07) is 11.8. The van der Waals surface area contributed by atoms with Crippen LogP contribution in [-0.2, 0) is 26.8 Å². The van der Waals surface area contributed by atoms with Crippen LogP contribution in [0, 0.1) is 0 Å². The number of hydrogen-bond donors (Lipinski definition) is 2. The molecule has 3 aromatic rings. The molecule has 2 unspecified atom stereocenters. The van der Waals surface area contributed by atoms with Crippen LogP contribution in [0.3, 0.4) is 0 Å². The Morgan fingerprint density at radius 3 is 2.51 bits per heavy atom. The van der Waals surface area contributed by atoms with Crippen molar-refractivity contribution in [1.29, 1.82) is 0 Å². The summed E-state index contributed by atoms with van der Waals surface area (Å²) in [6.07, 6.45) is 3.88. The van der Waals surface area contributed by atoms with E-state index >= 15 is 0 Å². The molecular weight excluding hydrogens is 688 g/mol. The van der Waals surface area contributed by atoms with Crippen molar-refractivity contribution in [2.75, 3.05) is 12.3 Å². The molecule has 37 heavy (non-hydrogen) atoms. The Bertz CT molecular complexity index is 1640. The minimum atomic E-state index is -4.33. The van der Waals surface area contributed by atoms with Gasteiger partial charge in [0.15, 0.2) is 17.3 Å². The average molecular weight is 713 g/mol. The third-order valence-corrected chi connectivity index (χ3v) is 12.1. The van der Waals surface area contributed by atoms with E-state index in [0.29, 0.717) is 38.8 Å². The molecule has 1 spiro atoms. The first-order valence-corrected chi connectivity index (χ1v) is 17.8. The topological polar surface area (TPSA) is 113 Å². The summed E-state index contributed by atoms with van der Waals surface area (Å²) >= 11 is 10.1. The summed E-state index contributed by atoms with van der Waals surface area (Å²) in [5.41, 5.74) is 1.83. The van der Waals surface area contributed by atoms with Gasteiger partial charge >= 0.3 is 10.1 Å². The highest BCUT2D eigenvalue weighted by atomic mass is 79.9. The number of thioether (sulfide) groups is 1. The predicted octanol–water partition coefficient (Wildman–Crippen LogP) is 5.80. The van der Waals surface area contributed by atoms with Crippen LogP contribution >= 0.6 is 55.0 Å². The normalized spacial score (nSPS) is 22.9. The number of rotatable bonds is 7. The summed E-state index contributed by atoms with van der Waals surface area (Å²) in [4.78, 5) is 0.952. The maximum Gasteiger partial charge on any atom is 0.320 e. The van der Waals surface area contributed by atoms with E-state index < -0.39 is 25.6 Å². The van der Waals surface area contributed by atoms with Gasteiger partial charge in [-0.3, -0.25) is 9.11 Å². The fraction of sp³-hybridized carbons (Fsp3) is 0.348. The molecule has 1 fully saturated rings. The number of aryl methyl sites for hydroxylation is 1. The molecule has 198 valence electrons. The molecule has 3 heterocycles. The minimum absolute atomic E-state index is 0.0545. The Balaban J connectivity index is 1.64. The molecule has 5 rings (SSSR count). The zero-order valence-electron chi connectivity index (χ0n) is 19.4. The van der Waals surface area contributed by atoms with Gasteiger partial charge in [0.2, 0.25) is 10.9 Å². The molecule has 1 saturated heterocycles. The molecule has 0 amide bonds. The Hall–Kier alpha value is -0.840. The highest BCUT2D eigenvalue weighted by Crippen LogP contribution is 2.57.